The van der Waals surface area contributed by atoms with Gasteiger partial charge in [0.15, 0.2) is 6.23 Å². The van der Waals surface area contributed by atoms with Crippen molar-refractivity contribution in [3.05, 3.63) is 64.5 Å². The Morgan fingerprint density at radius 1 is 1.04 bits per heavy atom. The maximum atomic E-state index is 12.3. The Kier molecular flexibility index (Phi) is 4.72. The largest absolute Gasteiger partial charge is 0.426 e. The highest BCUT2D eigenvalue weighted by Crippen LogP contribution is 2.24. The van der Waals surface area contributed by atoms with Gasteiger partial charge in [-0.25, -0.2) is 4.79 Å². The highest BCUT2D eigenvalue weighted by molar-refractivity contribution is 5.81. The summed E-state index contributed by atoms with van der Waals surface area (Å²) in [6.07, 6.45) is -0.451. The van der Waals surface area contributed by atoms with Crippen LogP contribution in [0, 0.1) is 0 Å². The Balaban J connectivity index is 1.98. The summed E-state index contributed by atoms with van der Waals surface area (Å²) in [5, 5.41) is 0.430. The van der Waals surface area contributed by atoms with Crippen molar-refractivity contribution in [2.45, 2.75) is 6.23 Å². The number of hydrogen-bond donors (Lipinski definition) is 0. The maximum Gasteiger partial charge on any atom is 0.398 e. The van der Waals surface area contributed by atoms with Crippen molar-refractivity contribution in [2.24, 2.45) is 0 Å². The molecule has 130 valence electrons. The minimum atomic E-state index is -0.464. The molecule has 3 aromatic rings. The van der Waals surface area contributed by atoms with Crippen LogP contribution in [0.15, 0.2) is 57.7 Å². The number of ether oxygens (including phenoxy) is 1. The van der Waals surface area contributed by atoms with Crippen LogP contribution in [0.1, 0.15) is 11.8 Å². The van der Waals surface area contributed by atoms with Gasteiger partial charge >= 0.3 is 11.7 Å². The molecule has 6 nitrogen and oxygen atoms in total. The van der Waals surface area contributed by atoms with Crippen LogP contribution in [0.4, 0.5) is 5.69 Å². The van der Waals surface area contributed by atoms with Gasteiger partial charge in [0.2, 0.25) is 0 Å². The number of aromatic nitrogens is 1. The van der Waals surface area contributed by atoms with Gasteiger partial charge in [-0.2, -0.15) is 4.98 Å². The molecule has 2 aromatic carbocycles. The van der Waals surface area contributed by atoms with E-state index in [1.54, 1.807) is 12.1 Å². The standard InChI is InChI=1S/C19H21N3O3/c1-21(2)14-10-11-16-15(12-14)18(23)25-19(20-16)24-17(22(3)4)13-8-6-5-7-9-13/h5-12,17H,1-4H3. The van der Waals surface area contributed by atoms with Gasteiger partial charge in [-0.1, -0.05) is 30.3 Å². The fourth-order valence-corrected chi connectivity index (χ4v) is 2.55. The predicted octanol–water partition coefficient (Wildman–Crippen LogP) is 2.89. The van der Waals surface area contributed by atoms with Gasteiger partial charge in [-0.15, -0.1) is 0 Å². The second kappa shape index (κ2) is 6.94. The molecule has 25 heavy (non-hydrogen) atoms. The molecule has 0 spiro atoms. The van der Waals surface area contributed by atoms with Crippen molar-refractivity contribution in [1.82, 2.24) is 9.88 Å². The van der Waals surface area contributed by atoms with Gasteiger partial charge in [0, 0.05) is 25.3 Å². The molecular formula is C19H21N3O3. The van der Waals surface area contributed by atoms with Crippen LogP contribution < -0.4 is 15.3 Å². The second-order valence-electron chi connectivity index (χ2n) is 6.21. The van der Waals surface area contributed by atoms with Gasteiger partial charge in [-0.05, 0) is 32.3 Å². The third-order valence-electron chi connectivity index (χ3n) is 3.87. The molecular weight excluding hydrogens is 318 g/mol. The zero-order valence-electron chi connectivity index (χ0n) is 14.8. The van der Waals surface area contributed by atoms with Crippen LogP contribution >= 0.6 is 0 Å². The Morgan fingerprint density at radius 3 is 2.40 bits per heavy atom. The molecule has 0 saturated carbocycles. The average molecular weight is 339 g/mol. The highest BCUT2D eigenvalue weighted by atomic mass is 16.6. The molecule has 0 radical (unpaired) electrons. The van der Waals surface area contributed by atoms with Crippen molar-refractivity contribution in [3.63, 3.8) is 0 Å². The van der Waals surface area contributed by atoms with Crippen LogP contribution in [-0.2, 0) is 0 Å². The zero-order valence-corrected chi connectivity index (χ0v) is 14.8. The topological polar surface area (TPSA) is 58.8 Å². The number of fused-ring (bicyclic) bond motifs is 1. The number of hydrogen-bond acceptors (Lipinski definition) is 6. The molecule has 0 N–H and O–H groups in total. The fraction of sp³-hybridized carbons (Fsp3) is 0.263. The van der Waals surface area contributed by atoms with E-state index in [-0.39, 0.29) is 6.08 Å². The summed E-state index contributed by atoms with van der Waals surface area (Å²) in [5.41, 5.74) is 1.93. The molecule has 0 saturated heterocycles. The van der Waals surface area contributed by atoms with Crippen LogP contribution in [0.3, 0.4) is 0 Å². The van der Waals surface area contributed by atoms with Crippen molar-refractivity contribution < 1.29 is 9.15 Å². The summed E-state index contributed by atoms with van der Waals surface area (Å²) in [7, 11) is 7.60. The average Bonchev–Trinajstić information content (AvgIpc) is 2.60. The lowest BCUT2D eigenvalue weighted by Crippen LogP contribution is -2.25. The van der Waals surface area contributed by atoms with E-state index in [0.717, 1.165) is 11.3 Å². The Labute approximate surface area is 146 Å². The first-order valence-electron chi connectivity index (χ1n) is 7.96. The van der Waals surface area contributed by atoms with Crippen molar-refractivity contribution in [2.75, 3.05) is 33.1 Å². The zero-order chi connectivity index (χ0) is 18.0. The highest BCUT2D eigenvalue weighted by Gasteiger charge is 2.19. The maximum absolute atomic E-state index is 12.3. The van der Waals surface area contributed by atoms with E-state index in [4.69, 9.17) is 9.15 Å². The minimum Gasteiger partial charge on any atom is -0.426 e. The van der Waals surface area contributed by atoms with E-state index in [9.17, 15) is 4.79 Å². The van der Waals surface area contributed by atoms with Gasteiger partial charge in [0.1, 0.15) is 0 Å². The van der Waals surface area contributed by atoms with Crippen molar-refractivity contribution in [3.8, 4) is 6.08 Å². The summed E-state index contributed by atoms with van der Waals surface area (Å²) in [6, 6.07) is 15.2. The minimum absolute atomic E-state index is 0.0438. The van der Waals surface area contributed by atoms with E-state index in [1.165, 1.54) is 0 Å². The molecule has 1 aromatic heterocycles. The van der Waals surface area contributed by atoms with Gasteiger partial charge in [0.25, 0.3) is 0 Å². The normalized spacial score (nSPS) is 12.4. The van der Waals surface area contributed by atoms with Gasteiger partial charge in [0.05, 0.1) is 10.9 Å². The molecule has 6 heteroatoms. The number of nitrogens with zero attached hydrogens (tertiary/aromatic N) is 3. The molecule has 3 rings (SSSR count). The summed E-state index contributed by atoms with van der Waals surface area (Å²) in [6.45, 7) is 0. The lowest BCUT2D eigenvalue weighted by Gasteiger charge is -2.24. The first-order valence-corrected chi connectivity index (χ1v) is 7.96. The van der Waals surface area contributed by atoms with Gasteiger partial charge < -0.3 is 14.1 Å². The lowest BCUT2D eigenvalue weighted by molar-refractivity contribution is 0.0321. The summed E-state index contributed by atoms with van der Waals surface area (Å²) in [5.74, 6) is 0. The van der Waals surface area contributed by atoms with E-state index in [2.05, 4.69) is 4.98 Å². The molecule has 1 unspecified atom stereocenters. The monoisotopic (exact) mass is 339 g/mol. The van der Waals surface area contributed by atoms with Crippen LogP contribution in [0.25, 0.3) is 10.9 Å². The summed E-state index contributed by atoms with van der Waals surface area (Å²) in [4.78, 5) is 20.5. The molecule has 1 heterocycles. The Bertz CT molecular complexity index is 920. The van der Waals surface area contributed by atoms with Crippen LogP contribution in [0.2, 0.25) is 0 Å². The summed E-state index contributed by atoms with van der Waals surface area (Å²) < 4.78 is 11.2. The number of rotatable bonds is 5. The quantitative estimate of drug-likeness (QED) is 0.666. The fourth-order valence-electron chi connectivity index (χ4n) is 2.55. The second-order valence-corrected chi connectivity index (χ2v) is 6.21. The molecule has 0 amide bonds. The van der Waals surface area contributed by atoms with Crippen molar-refractivity contribution in [1.29, 1.82) is 0 Å². The van der Waals surface area contributed by atoms with E-state index in [0.29, 0.717) is 10.9 Å². The third-order valence-corrected chi connectivity index (χ3v) is 3.87. The van der Waals surface area contributed by atoms with Crippen LogP contribution in [-0.4, -0.2) is 38.1 Å². The number of benzene rings is 2. The van der Waals surface area contributed by atoms with E-state index in [1.807, 2.05) is 74.4 Å². The first-order chi connectivity index (χ1) is 12.0. The number of anilines is 1. The van der Waals surface area contributed by atoms with Crippen molar-refractivity contribution >= 4 is 16.6 Å². The SMILES string of the molecule is CN(C)c1ccc2nc(OC(c3ccccc3)N(C)C)oc(=O)c2c1. The summed E-state index contributed by atoms with van der Waals surface area (Å²) >= 11 is 0. The first kappa shape index (κ1) is 17.0. The molecule has 0 aliphatic carbocycles. The predicted molar refractivity (Wildman–Crippen MR) is 98.1 cm³/mol. The molecule has 0 bridgehead atoms. The van der Waals surface area contributed by atoms with Gasteiger partial charge in [-0.3, -0.25) is 4.90 Å². The molecule has 1 atom stereocenters. The lowest BCUT2D eigenvalue weighted by atomic mass is 10.2. The van der Waals surface area contributed by atoms with E-state index < -0.39 is 11.9 Å². The Hall–Kier alpha value is -2.86. The molecule has 0 aliphatic heterocycles. The Morgan fingerprint density at radius 2 is 1.76 bits per heavy atom. The van der Waals surface area contributed by atoms with Crippen LogP contribution in [0.5, 0.6) is 6.08 Å². The molecule has 0 fully saturated rings. The smallest absolute Gasteiger partial charge is 0.398 e. The molecule has 0 aliphatic rings. The third kappa shape index (κ3) is 3.64. The van der Waals surface area contributed by atoms with E-state index >= 15 is 0 Å².